The van der Waals surface area contributed by atoms with Gasteiger partial charge in [0.1, 0.15) is 11.8 Å². The highest BCUT2D eigenvalue weighted by Gasteiger charge is 2.29. The topological polar surface area (TPSA) is 116 Å². The molecule has 4 aromatic rings. The summed E-state index contributed by atoms with van der Waals surface area (Å²) >= 11 is 0. The van der Waals surface area contributed by atoms with Crippen molar-refractivity contribution in [1.82, 2.24) is 10.2 Å². The molecule has 0 saturated carbocycles. The number of carboxylic acid groups (broad SMARTS) is 1. The Labute approximate surface area is 257 Å². The first kappa shape index (κ1) is 30.8. The average Bonchev–Trinajstić information content (AvgIpc) is 3.48. The number of aliphatic carboxylic acids is 1. The molecule has 44 heavy (non-hydrogen) atoms. The minimum absolute atomic E-state index is 0.00112. The van der Waals surface area contributed by atoms with Gasteiger partial charge in [0.25, 0.3) is 0 Å². The molecule has 0 spiro atoms. The van der Waals surface area contributed by atoms with Crippen molar-refractivity contribution in [2.75, 3.05) is 13.1 Å². The highest BCUT2D eigenvalue weighted by atomic mass is 16.5. The van der Waals surface area contributed by atoms with E-state index in [2.05, 4.69) is 35.6 Å². The number of benzene rings is 4. The summed E-state index contributed by atoms with van der Waals surface area (Å²) in [5.41, 5.74) is 5.31. The first-order valence-electron chi connectivity index (χ1n) is 15.0. The largest absolute Gasteiger partial charge is 0.479 e. The molecule has 0 fully saturated rings. The van der Waals surface area contributed by atoms with Crippen LogP contribution >= 0.6 is 0 Å². The number of nitrogens with one attached hydrogen (secondary N) is 1. The lowest BCUT2D eigenvalue weighted by Crippen LogP contribution is -2.53. The molecule has 0 saturated heterocycles. The second-order valence-electron chi connectivity index (χ2n) is 11.8. The molecule has 8 nitrogen and oxygen atoms in total. The molecule has 2 unspecified atom stereocenters. The Bertz CT molecular complexity index is 1650. The molecule has 1 aliphatic rings. The van der Waals surface area contributed by atoms with Gasteiger partial charge in [0.05, 0.1) is 6.54 Å². The van der Waals surface area contributed by atoms with Crippen LogP contribution in [0, 0.1) is 5.92 Å². The summed E-state index contributed by atoms with van der Waals surface area (Å²) in [4.78, 5) is 39.5. The van der Waals surface area contributed by atoms with E-state index in [4.69, 9.17) is 4.74 Å². The van der Waals surface area contributed by atoms with Crippen LogP contribution in [-0.4, -0.2) is 58.3 Å². The maximum Gasteiger partial charge on any atom is 0.334 e. The van der Waals surface area contributed by atoms with Gasteiger partial charge >= 0.3 is 18.0 Å². The molecule has 2 amide bonds. The van der Waals surface area contributed by atoms with Crippen molar-refractivity contribution in [3.8, 4) is 16.9 Å². The minimum atomic E-state index is -1.75. The van der Waals surface area contributed by atoms with Crippen molar-refractivity contribution in [3.05, 3.63) is 102 Å². The van der Waals surface area contributed by atoms with Crippen molar-refractivity contribution in [2.45, 2.75) is 51.7 Å². The predicted molar refractivity (Wildman–Crippen MR) is 170 cm³/mol. The molecule has 8 heteroatoms. The zero-order valence-corrected chi connectivity index (χ0v) is 25.0. The molecular weight excluding hydrogens is 556 g/mol. The Morgan fingerprint density at radius 1 is 0.841 bits per heavy atom. The summed E-state index contributed by atoms with van der Waals surface area (Å²) in [5, 5.41) is 24.3. The van der Waals surface area contributed by atoms with Crippen LogP contribution in [0.5, 0.6) is 5.75 Å². The molecule has 4 aromatic carbocycles. The summed E-state index contributed by atoms with van der Waals surface area (Å²) in [6.45, 7) is 3.55. The summed E-state index contributed by atoms with van der Waals surface area (Å²) < 4.78 is 5.77. The number of hydrogen-bond acceptors (Lipinski definition) is 5. The van der Waals surface area contributed by atoms with E-state index in [1.165, 1.54) is 10.5 Å². The van der Waals surface area contributed by atoms with Gasteiger partial charge in [-0.25, -0.2) is 14.4 Å². The number of rotatable bonds is 11. The molecule has 0 aliphatic heterocycles. The third-order valence-electron chi connectivity index (χ3n) is 7.90. The molecule has 1 aliphatic carbocycles. The Morgan fingerprint density at radius 2 is 1.55 bits per heavy atom. The van der Waals surface area contributed by atoms with E-state index >= 15 is 0 Å². The fourth-order valence-corrected chi connectivity index (χ4v) is 5.64. The Morgan fingerprint density at radius 3 is 2.27 bits per heavy atom. The van der Waals surface area contributed by atoms with E-state index < -0.39 is 36.7 Å². The lowest BCUT2D eigenvalue weighted by molar-refractivity contribution is -0.147. The van der Waals surface area contributed by atoms with Gasteiger partial charge < -0.3 is 25.2 Å². The van der Waals surface area contributed by atoms with E-state index in [1.807, 2.05) is 62.4 Å². The van der Waals surface area contributed by atoms with Gasteiger partial charge in [0.15, 0.2) is 6.10 Å². The number of aliphatic hydroxyl groups is 1. The van der Waals surface area contributed by atoms with Crippen LogP contribution in [0.2, 0.25) is 0 Å². The van der Waals surface area contributed by atoms with Crippen LogP contribution in [-0.2, 0) is 28.9 Å². The number of urea groups is 1. The number of carbonyl (C=O) groups excluding carboxylic acids is 2. The summed E-state index contributed by atoms with van der Waals surface area (Å²) in [5.74, 6) is -1.63. The molecule has 0 bridgehead atoms. The van der Waals surface area contributed by atoms with E-state index in [1.54, 1.807) is 6.07 Å². The molecule has 0 radical (unpaired) electrons. The number of aryl methyl sites for hydroxylation is 2. The number of fused-ring (bicyclic) bond motifs is 2. The zero-order chi connectivity index (χ0) is 31.2. The van der Waals surface area contributed by atoms with E-state index in [9.17, 15) is 24.6 Å². The van der Waals surface area contributed by atoms with Gasteiger partial charge in [-0.1, -0.05) is 80.6 Å². The monoisotopic (exact) mass is 594 g/mol. The number of carbonyl (C=O) groups is 3. The van der Waals surface area contributed by atoms with Crippen molar-refractivity contribution < 1.29 is 29.3 Å². The molecule has 2 atom stereocenters. The van der Waals surface area contributed by atoms with Crippen molar-refractivity contribution >= 4 is 28.7 Å². The van der Waals surface area contributed by atoms with Gasteiger partial charge in [0, 0.05) is 13.0 Å². The van der Waals surface area contributed by atoms with Crippen LogP contribution in [0.15, 0.2) is 84.9 Å². The van der Waals surface area contributed by atoms with Crippen molar-refractivity contribution in [3.63, 3.8) is 0 Å². The summed E-state index contributed by atoms with van der Waals surface area (Å²) in [7, 11) is 0. The minimum Gasteiger partial charge on any atom is -0.479 e. The van der Waals surface area contributed by atoms with Crippen LogP contribution in [0.4, 0.5) is 4.79 Å². The highest BCUT2D eigenvalue weighted by Crippen LogP contribution is 2.27. The van der Waals surface area contributed by atoms with Gasteiger partial charge in [-0.15, -0.1) is 0 Å². The Balaban J connectivity index is 1.36. The van der Waals surface area contributed by atoms with Gasteiger partial charge in [-0.2, -0.15) is 0 Å². The Kier molecular flexibility index (Phi) is 9.60. The normalized spacial score (nSPS) is 13.7. The van der Waals surface area contributed by atoms with Gasteiger partial charge in [-0.3, -0.25) is 0 Å². The fourth-order valence-electron chi connectivity index (χ4n) is 5.64. The summed E-state index contributed by atoms with van der Waals surface area (Å²) in [6.07, 6.45) is 1.41. The first-order chi connectivity index (χ1) is 21.2. The van der Waals surface area contributed by atoms with E-state index in [0.29, 0.717) is 5.75 Å². The molecule has 5 rings (SSSR count). The highest BCUT2D eigenvalue weighted by molar-refractivity contribution is 5.88. The van der Waals surface area contributed by atoms with Crippen molar-refractivity contribution in [2.24, 2.45) is 5.92 Å². The maximum absolute atomic E-state index is 13.5. The smallest absolute Gasteiger partial charge is 0.334 e. The number of hydrogen-bond donors (Lipinski definition) is 3. The molecular formula is C36H38N2O6. The molecule has 228 valence electrons. The van der Waals surface area contributed by atoms with E-state index in [0.717, 1.165) is 52.3 Å². The number of amides is 2. The number of carboxylic acids is 1. The lowest BCUT2D eigenvalue weighted by Gasteiger charge is -2.28. The quantitative estimate of drug-likeness (QED) is 0.153. The third-order valence-corrected chi connectivity index (χ3v) is 7.90. The molecule has 0 heterocycles. The second-order valence-corrected chi connectivity index (χ2v) is 11.8. The molecule has 3 N–H and O–H groups in total. The lowest BCUT2D eigenvalue weighted by atomic mass is 9.98. The van der Waals surface area contributed by atoms with Crippen LogP contribution in [0.25, 0.3) is 21.9 Å². The van der Waals surface area contributed by atoms with Gasteiger partial charge in [0.2, 0.25) is 0 Å². The predicted octanol–water partition coefficient (Wildman–Crippen LogP) is 5.63. The van der Waals surface area contributed by atoms with Crippen molar-refractivity contribution in [1.29, 1.82) is 0 Å². The second kappa shape index (κ2) is 13.7. The van der Waals surface area contributed by atoms with E-state index in [-0.39, 0.29) is 18.9 Å². The van der Waals surface area contributed by atoms with Crippen LogP contribution < -0.4 is 10.1 Å². The zero-order valence-electron chi connectivity index (χ0n) is 25.0. The van der Waals surface area contributed by atoms with Crippen LogP contribution in [0.3, 0.4) is 0 Å². The summed E-state index contributed by atoms with van der Waals surface area (Å²) in [6, 6.07) is 26.2. The number of nitrogens with zero attached hydrogens (tertiary/aromatic N) is 1. The third kappa shape index (κ3) is 7.63. The first-order valence-corrected chi connectivity index (χ1v) is 15.0. The fraction of sp³-hybridized carbons (Fsp3) is 0.306. The number of ether oxygens (including phenoxy) is 1. The maximum atomic E-state index is 13.5. The van der Waals surface area contributed by atoms with Crippen LogP contribution in [0.1, 0.15) is 37.0 Å². The van der Waals surface area contributed by atoms with Gasteiger partial charge in [-0.05, 0) is 82.0 Å². The Hall–Kier alpha value is -4.69. The number of aliphatic hydroxyl groups excluding tert-OH is 1. The number of esters is 1. The SMILES string of the molecule is CC(C)CN(CC(O)C(=O)O)C(=O)NC(Cc1ccc(-c2ccc3ccccc3c2)cc1)C(=O)Oc1ccc2c(c1)CCC2. The average molecular weight is 595 g/mol. The molecule has 0 aromatic heterocycles. The standard InChI is InChI=1S/C36H38N2O6/c1-23(2)21-38(22-33(39)34(40)41)36(43)37-32(35(42)44-31-17-16-26-8-5-9-29(26)20-31)18-24-10-12-27(13-11-24)30-15-14-25-6-3-4-7-28(25)19-30/h3-4,6-7,10-17,19-20,23,32-33,39H,5,8-9,18,21-22H2,1-2H3,(H,37,43)(H,40,41).